The summed E-state index contributed by atoms with van der Waals surface area (Å²) in [5.74, 6) is -0.690. The van der Waals surface area contributed by atoms with Gasteiger partial charge in [-0.2, -0.15) is 0 Å². The lowest BCUT2D eigenvalue weighted by molar-refractivity contribution is -0.140. The van der Waals surface area contributed by atoms with Gasteiger partial charge in [-0.05, 0) is 61.8 Å². The van der Waals surface area contributed by atoms with Gasteiger partial charge in [0.15, 0.2) is 0 Å². The van der Waals surface area contributed by atoms with Gasteiger partial charge in [0.25, 0.3) is 11.7 Å². The number of rotatable bonds is 8. The van der Waals surface area contributed by atoms with E-state index in [1.807, 2.05) is 38.1 Å². The van der Waals surface area contributed by atoms with E-state index in [1.54, 1.807) is 30.2 Å². The summed E-state index contributed by atoms with van der Waals surface area (Å²) in [7, 11) is 1.58. The number of amides is 1. The van der Waals surface area contributed by atoms with E-state index in [0.717, 1.165) is 29.8 Å². The molecule has 6 nitrogen and oxygen atoms in total. The van der Waals surface area contributed by atoms with Gasteiger partial charge in [-0.3, -0.25) is 9.59 Å². The van der Waals surface area contributed by atoms with Crippen LogP contribution < -0.4 is 4.74 Å². The van der Waals surface area contributed by atoms with Crippen LogP contribution in [0.3, 0.4) is 0 Å². The van der Waals surface area contributed by atoms with Crippen LogP contribution in [0.4, 0.5) is 0 Å². The number of ketones is 1. The summed E-state index contributed by atoms with van der Waals surface area (Å²) < 4.78 is 5.31. The van der Waals surface area contributed by atoms with Crippen molar-refractivity contribution in [1.29, 1.82) is 0 Å². The smallest absolute Gasteiger partial charge is 0.295 e. The quantitative estimate of drug-likeness (QED) is 0.384. The van der Waals surface area contributed by atoms with Crippen molar-refractivity contribution >= 4 is 17.4 Å². The van der Waals surface area contributed by atoms with Crippen LogP contribution in [-0.4, -0.2) is 59.9 Å². The number of aliphatic hydroxyl groups is 1. The van der Waals surface area contributed by atoms with Crippen molar-refractivity contribution in [2.75, 3.05) is 33.3 Å². The molecule has 1 N–H and O–H groups in total. The summed E-state index contributed by atoms with van der Waals surface area (Å²) in [4.78, 5) is 30.1. The molecule has 1 saturated heterocycles. The van der Waals surface area contributed by atoms with Crippen LogP contribution in [0.5, 0.6) is 5.75 Å². The number of nitrogens with zero attached hydrogens (tertiary/aromatic N) is 2. The number of carbonyl (C=O) groups is 2. The average Bonchev–Trinajstić information content (AvgIpc) is 3.04. The maximum Gasteiger partial charge on any atom is 0.295 e. The zero-order valence-corrected chi connectivity index (χ0v) is 19.5. The molecule has 2 aromatic carbocycles. The van der Waals surface area contributed by atoms with Crippen LogP contribution in [0.2, 0.25) is 0 Å². The van der Waals surface area contributed by atoms with Crippen LogP contribution in [-0.2, 0) is 9.59 Å². The minimum Gasteiger partial charge on any atom is -0.507 e. The second-order valence-electron chi connectivity index (χ2n) is 8.06. The summed E-state index contributed by atoms with van der Waals surface area (Å²) >= 11 is 0. The molecule has 6 heteroatoms. The van der Waals surface area contributed by atoms with Crippen molar-refractivity contribution < 1.29 is 19.4 Å². The molecule has 1 unspecified atom stereocenters. The molecule has 0 radical (unpaired) electrons. The molecule has 3 rings (SSSR count). The molecule has 0 aliphatic carbocycles. The van der Waals surface area contributed by atoms with Crippen LogP contribution in [0, 0.1) is 13.8 Å². The first-order valence-corrected chi connectivity index (χ1v) is 11.0. The fourth-order valence-corrected chi connectivity index (χ4v) is 4.30. The number of benzene rings is 2. The highest BCUT2D eigenvalue weighted by molar-refractivity contribution is 6.46. The predicted molar refractivity (Wildman–Crippen MR) is 126 cm³/mol. The van der Waals surface area contributed by atoms with Crippen molar-refractivity contribution in [3.63, 3.8) is 0 Å². The molecule has 0 spiro atoms. The Morgan fingerprint density at radius 2 is 1.75 bits per heavy atom. The Hall–Kier alpha value is -3.12. The Labute approximate surface area is 190 Å². The SMILES string of the molecule is CCN(CC)CCN1C(=O)C(=O)/C(=C(/O)c2ccc(OC)c(C)c2)C1c1ccccc1C. The highest BCUT2D eigenvalue weighted by Gasteiger charge is 2.46. The zero-order chi connectivity index (χ0) is 23.4. The second kappa shape index (κ2) is 10.0. The minimum atomic E-state index is -0.649. The molecule has 1 atom stereocenters. The topological polar surface area (TPSA) is 70.1 Å². The predicted octanol–water partition coefficient (Wildman–Crippen LogP) is 4.08. The molecule has 1 amide bonds. The lowest BCUT2D eigenvalue weighted by atomic mass is 9.92. The highest BCUT2D eigenvalue weighted by Crippen LogP contribution is 2.40. The zero-order valence-electron chi connectivity index (χ0n) is 19.5. The van der Waals surface area contributed by atoms with Crippen LogP contribution >= 0.6 is 0 Å². The Balaban J connectivity index is 2.13. The molecule has 170 valence electrons. The van der Waals surface area contributed by atoms with Gasteiger partial charge in [0.05, 0.1) is 18.7 Å². The lowest BCUT2D eigenvalue weighted by Gasteiger charge is -2.29. The van der Waals surface area contributed by atoms with Crippen molar-refractivity contribution in [3.8, 4) is 5.75 Å². The number of hydrogen-bond acceptors (Lipinski definition) is 5. The number of aliphatic hydroxyl groups excluding tert-OH is 1. The van der Waals surface area contributed by atoms with E-state index >= 15 is 0 Å². The van der Waals surface area contributed by atoms with Crippen LogP contribution in [0.15, 0.2) is 48.0 Å². The monoisotopic (exact) mass is 436 g/mol. The van der Waals surface area contributed by atoms with Gasteiger partial charge < -0.3 is 19.6 Å². The van der Waals surface area contributed by atoms with E-state index in [1.165, 1.54) is 0 Å². The van der Waals surface area contributed by atoms with E-state index in [2.05, 4.69) is 18.7 Å². The second-order valence-corrected chi connectivity index (χ2v) is 8.06. The van der Waals surface area contributed by atoms with Crippen molar-refractivity contribution in [3.05, 3.63) is 70.3 Å². The fraction of sp³-hybridized carbons (Fsp3) is 0.385. The lowest BCUT2D eigenvalue weighted by Crippen LogP contribution is -2.38. The highest BCUT2D eigenvalue weighted by atomic mass is 16.5. The van der Waals surface area contributed by atoms with Gasteiger partial charge in [0, 0.05) is 18.7 Å². The summed E-state index contributed by atoms with van der Waals surface area (Å²) in [6.45, 7) is 10.8. The maximum absolute atomic E-state index is 13.2. The van der Waals surface area contributed by atoms with Gasteiger partial charge in [0.2, 0.25) is 0 Å². The van der Waals surface area contributed by atoms with E-state index < -0.39 is 17.7 Å². The van der Waals surface area contributed by atoms with Crippen LogP contribution in [0.25, 0.3) is 5.76 Å². The Morgan fingerprint density at radius 1 is 1.06 bits per heavy atom. The summed E-state index contributed by atoms with van der Waals surface area (Å²) in [6.07, 6.45) is 0. The Kier molecular flexibility index (Phi) is 7.36. The number of aryl methyl sites for hydroxylation is 2. The van der Waals surface area contributed by atoms with Crippen LogP contribution in [0.1, 0.15) is 42.1 Å². The fourth-order valence-electron chi connectivity index (χ4n) is 4.30. The van der Waals surface area contributed by atoms with Gasteiger partial charge >= 0.3 is 0 Å². The normalized spacial score (nSPS) is 17.9. The number of likely N-dealkylation sites (tertiary alicyclic amines) is 1. The third kappa shape index (κ3) is 4.41. The molecule has 1 heterocycles. The Bertz CT molecular complexity index is 1040. The number of methoxy groups -OCH3 is 1. The van der Waals surface area contributed by atoms with Gasteiger partial charge in [-0.15, -0.1) is 0 Å². The largest absolute Gasteiger partial charge is 0.507 e. The summed E-state index contributed by atoms with van der Waals surface area (Å²) in [5.41, 5.74) is 3.26. The van der Waals surface area contributed by atoms with E-state index in [-0.39, 0.29) is 11.3 Å². The molecule has 1 aliphatic rings. The first-order chi connectivity index (χ1) is 15.3. The third-order valence-corrected chi connectivity index (χ3v) is 6.24. The Morgan fingerprint density at radius 3 is 2.34 bits per heavy atom. The van der Waals surface area contributed by atoms with E-state index in [9.17, 15) is 14.7 Å². The molecule has 32 heavy (non-hydrogen) atoms. The summed E-state index contributed by atoms with van der Waals surface area (Å²) in [5, 5.41) is 11.2. The molecular formula is C26H32N2O4. The standard InChI is InChI=1S/C26H32N2O4/c1-6-27(7-2)14-15-28-23(20-11-9-8-10-17(20)3)22(25(30)26(28)31)24(29)19-12-13-21(32-5)18(4)16-19/h8-13,16,23,29H,6-7,14-15H2,1-5H3/b24-22+. The molecule has 1 aliphatic heterocycles. The van der Waals surface area contributed by atoms with Gasteiger partial charge in [0.1, 0.15) is 11.5 Å². The number of likely N-dealkylation sites (N-methyl/N-ethyl adjacent to an activating group) is 1. The number of carbonyl (C=O) groups excluding carboxylic acids is 2. The molecule has 1 fully saturated rings. The van der Waals surface area contributed by atoms with Gasteiger partial charge in [-0.25, -0.2) is 0 Å². The third-order valence-electron chi connectivity index (χ3n) is 6.24. The summed E-state index contributed by atoms with van der Waals surface area (Å²) in [6, 6.07) is 12.3. The number of ether oxygens (including phenoxy) is 1. The minimum absolute atomic E-state index is 0.133. The number of Topliss-reactive ketones (excluding diaryl/α,β-unsaturated/α-hetero) is 1. The van der Waals surface area contributed by atoms with Gasteiger partial charge in [-0.1, -0.05) is 38.1 Å². The molecule has 0 aromatic heterocycles. The molecular weight excluding hydrogens is 404 g/mol. The van der Waals surface area contributed by atoms with Crippen molar-refractivity contribution in [2.45, 2.75) is 33.7 Å². The average molecular weight is 437 g/mol. The maximum atomic E-state index is 13.2. The van der Waals surface area contributed by atoms with E-state index in [0.29, 0.717) is 24.4 Å². The van der Waals surface area contributed by atoms with Crippen molar-refractivity contribution in [1.82, 2.24) is 9.80 Å². The first-order valence-electron chi connectivity index (χ1n) is 11.0. The van der Waals surface area contributed by atoms with Crippen molar-refractivity contribution in [2.24, 2.45) is 0 Å². The molecule has 2 aromatic rings. The molecule has 0 saturated carbocycles. The first kappa shape index (κ1) is 23.5. The number of hydrogen-bond donors (Lipinski definition) is 1. The van der Waals surface area contributed by atoms with E-state index in [4.69, 9.17) is 4.74 Å². The molecule has 0 bridgehead atoms.